The maximum atomic E-state index is 12.1. The van der Waals surface area contributed by atoms with Crippen molar-refractivity contribution in [1.29, 1.82) is 0 Å². The molecule has 0 amide bonds. The number of sulfonamides is 1. The van der Waals surface area contributed by atoms with Crippen LogP contribution in [0.4, 0.5) is 11.4 Å². The molecule has 0 saturated heterocycles. The fourth-order valence-electron chi connectivity index (χ4n) is 2.14. The van der Waals surface area contributed by atoms with E-state index in [1.165, 1.54) is 0 Å². The Bertz CT molecular complexity index is 558. The van der Waals surface area contributed by atoms with Crippen molar-refractivity contribution in [3.63, 3.8) is 0 Å². The van der Waals surface area contributed by atoms with Gasteiger partial charge in [-0.3, -0.25) is 0 Å². The number of benzene rings is 1. The zero-order valence-corrected chi connectivity index (χ0v) is 14.2. The van der Waals surface area contributed by atoms with E-state index in [1.807, 2.05) is 6.92 Å². The molecular formula is C15H27N3O2S. The summed E-state index contributed by atoms with van der Waals surface area (Å²) in [6.07, 6.45) is 1.08. The van der Waals surface area contributed by atoms with Gasteiger partial charge in [0.05, 0.1) is 16.3 Å². The van der Waals surface area contributed by atoms with Crippen molar-refractivity contribution < 1.29 is 8.42 Å². The number of hydrogen-bond acceptors (Lipinski definition) is 4. The standard InChI is InChI=1S/C15H27N3O2S/c1-5-12(4)11-18(7-3)15-10-13(8-9-14(15)16)21(19,20)17-6-2/h8-10,12,17H,5-7,11,16H2,1-4H3. The van der Waals surface area contributed by atoms with Crippen LogP contribution in [0.2, 0.25) is 0 Å². The summed E-state index contributed by atoms with van der Waals surface area (Å²) in [7, 11) is -3.46. The van der Waals surface area contributed by atoms with E-state index in [0.29, 0.717) is 18.2 Å². The molecule has 0 aromatic heterocycles. The van der Waals surface area contributed by atoms with Gasteiger partial charge in [0.15, 0.2) is 0 Å². The Morgan fingerprint density at radius 2 is 1.95 bits per heavy atom. The molecule has 5 nitrogen and oxygen atoms in total. The molecule has 1 unspecified atom stereocenters. The lowest BCUT2D eigenvalue weighted by Crippen LogP contribution is -2.29. The van der Waals surface area contributed by atoms with Crippen molar-refractivity contribution in [3.05, 3.63) is 18.2 Å². The lowest BCUT2D eigenvalue weighted by Gasteiger charge is -2.27. The molecule has 6 heteroatoms. The number of hydrogen-bond donors (Lipinski definition) is 2. The zero-order valence-electron chi connectivity index (χ0n) is 13.4. The Balaban J connectivity index is 3.17. The second kappa shape index (κ2) is 7.66. The molecule has 0 saturated carbocycles. The first-order valence-corrected chi connectivity index (χ1v) is 8.98. The maximum absolute atomic E-state index is 12.1. The third-order valence-electron chi connectivity index (χ3n) is 3.60. The van der Waals surface area contributed by atoms with Gasteiger partial charge in [0.25, 0.3) is 0 Å². The van der Waals surface area contributed by atoms with Gasteiger partial charge in [-0.25, -0.2) is 13.1 Å². The largest absolute Gasteiger partial charge is 0.397 e. The molecule has 120 valence electrons. The molecule has 1 rings (SSSR count). The lowest BCUT2D eigenvalue weighted by molar-refractivity contribution is 0.548. The average molecular weight is 313 g/mol. The number of anilines is 2. The van der Waals surface area contributed by atoms with E-state index in [1.54, 1.807) is 25.1 Å². The molecule has 0 fully saturated rings. The third kappa shape index (κ3) is 4.61. The number of nitrogens with two attached hydrogens (primary N) is 1. The molecule has 0 aliphatic heterocycles. The number of rotatable bonds is 8. The molecule has 0 radical (unpaired) electrons. The van der Waals surface area contributed by atoms with Crippen LogP contribution in [0.3, 0.4) is 0 Å². The van der Waals surface area contributed by atoms with Crippen LogP contribution < -0.4 is 15.4 Å². The number of nitrogens with one attached hydrogen (secondary N) is 1. The van der Waals surface area contributed by atoms with E-state index in [-0.39, 0.29) is 4.90 Å². The van der Waals surface area contributed by atoms with E-state index in [2.05, 4.69) is 23.5 Å². The van der Waals surface area contributed by atoms with Gasteiger partial charge in [-0.1, -0.05) is 27.2 Å². The van der Waals surface area contributed by atoms with Gasteiger partial charge in [0, 0.05) is 19.6 Å². The maximum Gasteiger partial charge on any atom is 0.240 e. The predicted octanol–water partition coefficient (Wildman–Crippen LogP) is 2.44. The predicted molar refractivity (Wildman–Crippen MR) is 89.1 cm³/mol. The minimum absolute atomic E-state index is 0.260. The highest BCUT2D eigenvalue weighted by Crippen LogP contribution is 2.27. The molecule has 1 aromatic rings. The van der Waals surface area contributed by atoms with E-state index in [0.717, 1.165) is 25.2 Å². The van der Waals surface area contributed by atoms with Gasteiger partial charge >= 0.3 is 0 Å². The molecule has 3 N–H and O–H groups in total. The molecule has 0 aliphatic carbocycles. The third-order valence-corrected chi connectivity index (χ3v) is 5.14. The highest BCUT2D eigenvalue weighted by Gasteiger charge is 2.17. The van der Waals surface area contributed by atoms with Gasteiger partial charge in [0.2, 0.25) is 10.0 Å². The molecular weight excluding hydrogens is 286 g/mol. The van der Waals surface area contributed by atoms with Crippen LogP contribution in [0.15, 0.2) is 23.1 Å². The van der Waals surface area contributed by atoms with Crippen molar-refractivity contribution in [3.8, 4) is 0 Å². The minimum Gasteiger partial charge on any atom is -0.397 e. The smallest absolute Gasteiger partial charge is 0.240 e. The normalized spacial score (nSPS) is 13.1. The highest BCUT2D eigenvalue weighted by atomic mass is 32.2. The van der Waals surface area contributed by atoms with Crippen LogP contribution >= 0.6 is 0 Å². The summed E-state index contributed by atoms with van der Waals surface area (Å²) in [5.41, 5.74) is 7.44. The van der Waals surface area contributed by atoms with Gasteiger partial charge in [-0.2, -0.15) is 0 Å². The van der Waals surface area contributed by atoms with E-state index in [9.17, 15) is 8.42 Å². The first-order chi connectivity index (χ1) is 9.85. The van der Waals surface area contributed by atoms with Crippen molar-refractivity contribution >= 4 is 21.4 Å². The summed E-state index contributed by atoms with van der Waals surface area (Å²) in [6, 6.07) is 4.88. The minimum atomic E-state index is -3.46. The molecule has 21 heavy (non-hydrogen) atoms. The van der Waals surface area contributed by atoms with Crippen LogP contribution in [0.1, 0.15) is 34.1 Å². The fraction of sp³-hybridized carbons (Fsp3) is 0.600. The van der Waals surface area contributed by atoms with E-state index < -0.39 is 10.0 Å². The summed E-state index contributed by atoms with van der Waals surface area (Å²) in [5.74, 6) is 0.526. The summed E-state index contributed by atoms with van der Waals surface area (Å²) in [4.78, 5) is 2.39. The van der Waals surface area contributed by atoms with Crippen LogP contribution in [-0.2, 0) is 10.0 Å². The molecule has 0 aliphatic rings. The molecule has 0 spiro atoms. The van der Waals surface area contributed by atoms with E-state index >= 15 is 0 Å². The summed E-state index contributed by atoms with van der Waals surface area (Å²) in [5, 5.41) is 0. The van der Waals surface area contributed by atoms with Crippen molar-refractivity contribution in [2.24, 2.45) is 5.92 Å². The number of nitrogen functional groups attached to an aromatic ring is 1. The van der Waals surface area contributed by atoms with Gasteiger partial charge in [-0.15, -0.1) is 0 Å². The van der Waals surface area contributed by atoms with Crippen LogP contribution in [0, 0.1) is 5.92 Å². The number of nitrogens with zero attached hydrogens (tertiary/aromatic N) is 1. The van der Waals surface area contributed by atoms with Gasteiger partial charge in [0.1, 0.15) is 0 Å². The van der Waals surface area contributed by atoms with Gasteiger partial charge < -0.3 is 10.6 Å². The van der Waals surface area contributed by atoms with Gasteiger partial charge in [-0.05, 0) is 31.0 Å². The zero-order chi connectivity index (χ0) is 16.0. The second-order valence-electron chi connectivity index (χ2n) is 5.27. The average Bonchev–Trinajstić information content (AvgIpc) is 2.45. The Hall–Kier alpha value is -1.27. The Labute approximate surface area is 128 Å². The van der Waals surface area contributed by atoms with Crippen molar-refractivity contribution in [2.45, 2.75) is 39.0 Å². The summed E-state index contributed by atoms with van der Waals surface area (Å²) in [6.45, 7) is 10.2. The molecule has 1 aromatic carbocycles. The fourth-order valence-corrected chi connectivity index (χ4v) is 3.20. The molecule has 0 heterocycles. The molecule has 1 atom stereocenters. The van der Waals surface area contributed by atoms with E-state index in [4.69, 9.17) is 5.73 Å². The highest BCUT2D eigenvalue weighted by molar-refractivity contribution is 7.89. The second-order valence-corrected chi connectivity index (χ2v) is 7.04. The summed E-state index contributed by atoms with van der Waals surface area (Å²) >= 11 is 0. The Kier molecular flexibility index (Phi) is 6.48. The first kappa shape index (κ1) is 17.8. The molecule has 0 bridgehead atoms. The first-order valence-electron chi connectivity index (χ1n) is 7.49. The van der Waals surface area contributed by atoms with Crippen LogP contribution in [-0.4, -0.2) is 28.1 Å². The van der Waals surface area contributed by atoms with Crippen molar-refractivity contribution in [1.82, 2.24) is 4.72 Å². The topological polar surface area (TPSA) is 75.4 Å². The summed E-state index contributed by atoms with van der Waals surface area (Å²) < 4.78 is 26.7. The Morgan fingerprint density at radius 3 is 2.48 bits per heavy atom. The monoisotopic (exact) mass is 313 g/mol. The van der Waals surface area contributed by atoms with Crippen molar-refractivity contribution in [2.75, 3.05) is 30.3 Å². The SMILES string of the molecule is CCNS(=O)(=O)c1ccc(N)c(N(CC)CC(C)CC)c1. The quantitative estimate of drug-likeness (QED) is 0.723. The van der Waals surface area contributed by atoms with Crippen LogP contribution in [0.5, 0.6) is 0 Å². The lowest BCUT2D eigenvalue weighted by atomic mass is 10.1. The Morgan fingerprint density at radius 1 is 1.29 bits per heavy atom. The van der Waals surface area contributed by atoms with Crippen LogP contribution in [0.25, 0.3) is 0 Å².